The van der Waals surface area contributed by atoms with E-state index in [-0.39, 0.29) is 5.91 Å². The van der Waals surface area contributed by atoms with Crippen molar-refractivity contribution in [1.29, 1.82) is 0 Å². The lowest BCUT2D eigenvalue weighted by Gasteiger charge is -2.22. The van der Waals surface area contributed by atoms with Crippen molar-refractivity contribution in [3.8, 4) is 11.3 Å². The average Bonchev–Trinajstić information content (AvgIpc) is 3.37. The molecule has 0 radical (unpaired) electrons. The van der Waals surface area contributed by atoms with Gasteiger partial charge in [0, 0.05) is 23.2 Å². The predicted octanol–water partition coefficient (Wildman–Crippen LogP) is 4.31. The normalized spacial score (nSPS) is 17.0. The Morgan fingerprint density at radius 2 is 2.11 bits per heavy atom. The van der Waals surface area contributed by atoms with Crippen molar-refractivity contribution in [2.24, 2.45) is 0 Å². The van der Waals surface area contributed by atoms with Crippen LogP contribution in [0.4, 0.5) is 5.13 Å². The zero-order valence-electron chi connectivity index (χ0n) is 16.2. The van der Waals surface area contributed by atoms with Crippen LogP contribution in [0.1, 0.15) is 54.0 Å². The molecule has 2 aromatic heterocycles. The van der Waals surface area contributed by atoms with Gasteiger partial charge in [0.05, 0.1) is 11.7 Å². The molecule has 0 aliphatic carbocycles. The number of carbonyl (C=O) groups excluding carboxylic acids is 1. The summed E-state index contributed by atoms with van der Waals surface area (Å²) in [5, 5.41) is 11.4. The molecule has 1 aliphatic rings. The van der Waals surface area contributed by atoms with Gasteiger partial charge in [-0.1, -0.05) is 44.2 Å². The lowest BCUT2D eigenvalue weighted by Crippen LogP contribution is -2.32. The van der Waals surface area contributed by atoms with E-state index in [4.69, 9.17) is 4.98 Å². The van der Waals surface area contributed by atoms with Crippen molar-refractivity contribution in [3.63, 3.8) is 0 Å². The molecular weight excluding hydrogens is 370 g/mol. The van der Waals surface area contributed by atoms with Gasteiger partial charge >= 0.3 is 0 Å². The van der Waals surface area contributed by atoms with Gasteiger partial charge in [0.2, 0.25) is 0 Å². The second kappa shape index (κ2) is 8.24. The maximum Gasteiger partial charge on any atom is 0.277 e. The summed E-state index contributed by atoms with van der Waals surface area (Å²) in [5.74, 6) is 0.113. The van der Waals surface area contributed by atoms with E-state index < -0.39 is 0 Å². The Balaban J connectivity index is 1.53. The van der Waals surface area contributed by atoms with Crippen LogP contribution in [0.15, 0.2) is 42.6 Å². The van der Waals surface area contributed by atoms with Gasteiger partial charge < -0.3 is 5.32 Å². The summed E-state index contributed by atoms with van der Waals surface area (Å²) in [6.45, 7) is 6.24. The zero-order chi connectivity index (χ0) is 19.5. The molecule has 0 bridgehead atoms. The fourth-order valence-electron chi connectivity index (χ4n) is 3.46. The topological polar surface area (TPSA) is 71.8 Å². The lowest BCUT2D eigenvalue weighted by molar-refractivity contribution is 0.102. The molecule has 1 fully saturated rings. The molecule has 6 nitrogen and oxygen atoms in total. The fraction of sp³-hybridized carbons (Fsp3) is 0.381. The molecule has 3 aromatic rings. The Morgan fingerprint density at radius 3 is 2.82 bits per heavy atom. The molecule has 146 valence electrons. The van der Waals surface area contributed by atoms with Crippen LogP contribution in [-0.4, -0.2) is 33.8 Å². The Labute approximate surface area is 169 Å². The smallest absolute Gasteiger partial charge is 0.277 e. The number of benzene rings is 1. The number of nitrogens with one attached hydrogen (secondary N) is 2. The van der Waals surface area contributed by atoms with Crippen LogP contribution < -0.4 is 10.6 Å². The second-order valence-electron chi connectivity index (χ2n) is 7.39. The fourth-order valence-corrected chi connectivity index (χ4v) is 4.45. The summed E-state index contributed by atoms with van der Waals surface area (Å²) in [5.41, 5.74) is 2.43. The van der Waals surface area contributed by atoms with Gasteiger partial charge in [-0.25, -0.2) is 4.98 Å². The third kappa shape index (κ3) is 4.00. The highest BCUT2D eigenvalue weighted by Gasteiger charge is 2.20. The van der Waals surface area contributed by atoms with Crippen LogP contribution in [0.5, 0.6) is 0 Å². The van der Waals surface area contributed by atoms with E-state index in [1.54, 1.807) is 6.07 Å². The monoisotopic (exact) mass is 395 g/mol. The van der Waals surface area contributed by atoms with Crippen LogP contribution >= 0.6 is 11.3 Å². The average molecular weight is 396 g/mol. The van der Waals surface area contributed by atoms with E-state index in [1.807, 2.05) is 41.2 Å². The predicted molar refractivity (Wildman–Crippen MR) is 113 cm³/mol. The highest BCUT2D eigenvalue weighted by Crippen LogP contribution is 2.36. The maximum absolute atomic E-state index is 12.7. The number of nitrogens with zero attached hydrogens (tertiary/aromatic N) is 3. The van der Waals surface area contributed by atoms with Crippen molar-refractivity contribution < 1.29 is 4.79 Å². The standard InChI is InChI=1S/C21H25N5OS/c1-14(2)19-18(15-7-4-3-5-8-15)23-21(28-19)24-20(27)17-10-12-26(25-17)16-9-6-11-22-13-16/h3-5,7-8,10,12,14,16,22H,6,9,11,13H2,1-2H3,(H,23,24,27). The quantitative estimate of drug-likeness (QED) is 0.675. The van der Waals surface area contributed by atoms with Crippen molar-refractivity contribution in [2.75, 3.05) is 18.4 Å². The number of aromatic nitrogens is 3. The minimum atomic E-state index is -0.216. The van der Waals surface area contributed by atoms with Gasteiger partial charge in [0.15, 0.2) is 10.8 Å². The highest BCUT2D eigenvalue weighted by atomic mass is 32.1. The van der Waals surface area contributed by atoms with E-state index in [0.29, 0.717) is 22.8 Å². The number of thiazole rings is 1. The molecule has 4 rings (SSSR count). The Hall–Kier alpha value is -2.51. The number of hydrogen-bond donors (Lipinski definition) is 2. The molecule has 1 unspecified atom stereocenters. The summed E-state index contributed by atoms with van der Waals surface area (Å²) in [7, 11) is 0. The zero-order valence-corrected chi connectivity index (χ0v) is 17.0. The van der Waals surface area contributed by atoms with Crippen LogP contribution in [0.25, 0.3) is 11.3 Å². The number of anilines is 1. The van der Waals surface area contributed by atoms with Gasteiger partial charge in [0.25, 0.3) is 5.91 Å². The molecule has 0 spiro atoms. The van der Waals surface area contributed by atoms with E-state index in [0.717, 1.165) is 37.2 Å². The molecule has 28 heavy (non-hydrogen) atoms. The first-order valence-corrected chi connectivity index (χ1v) is 10.6. The van der Waals surface area contributed by atoms with E-state index in [2.05, 4.69) is 29.6 Å². The molecule has 7 heteroatoms. The summed E-state index contributed by atoms with van der Waals surface area (Å²) in [4.78, 5) is 18.6. The first-order valence-electron chi connectivity index (χ1n) is 9.75. The van der Waals surface area contributed by atoms with Crippen LogP contribution in [0.2, 0.25) is 0 Å². The van der Waals surface area contributed by atoms with Crippen LogP contribution in [0, 0.1) is 0 Å². The summed E-state index contributed by atoms with van der Waals surface area (Å²) >= 11 is 1.53. The molecule has 1 aromatic carbocycles. The van der Waals surface area contributed by atoms with Crippen molar-refractivity contribution in [3.05, 3.63) is 53.2 Å². The van der Waals surface area contributed by atoms with Gasteiger partial charge in [-0.2, -0.15) is 5.10 Å². The minimum absolute atomic E-state index is 0.216. The number of amides is 1. The van der Waals surface area contributed by atoms with Gasteiger partial charge in [-0.05, 0) is 31.4 Å². The van der Waals surface area contributed by atoms with E-state index in [1.165, 1.54) is 16.2 Å². The summed E-state index contributed by atoms with van der Waals surface area (Å²) in [6.07, 6.45) is 4.11. The Kier molecular flexibility index (Phi) is 5.54. The van der Waals surface area contributed by atoms with Crippen molar-refractivity contribution >= 4 is 22.4 Å². The number of carbonyl (C=O) groups is 1. The molecule has 1 atom stereocenters. The molecule has 2 N–H and O–H groups in total. The van der Waals surface area contributed by atoms with Crippen LogP contribution in [0.3, 0.4) is 0 Å². The lowest BCUT2D eigenvalue weighted by atomic mass is 10.1. The first-order chi connectivity index (χ1) is 13.6. The summed E-state index contributed by atoms with van der Waals surface area (Å²) < 4.78 is 1.90. The van der Waals surface area contributed by atoms with Crippen LogP contribution in [-0.2, 0) is 0 Å². The molecule has 1 saturated heterocycles. The van der Waals surface area contributed by atoms with Gasteiger partial charge in [0.1, 0.15) is 0 Å². The Morgan fingerprint density at radius 1 is 1.29 bits per heavy atom. The number of rotatable bonds is 5. The molecule has 3 heterocycles. The Bertz CT molecular complexity index is 941. The highest BCUT2D eigenvalue weighted by molar-refractivity contribution is 7.16. The SMILES string of the molecule is CC(C)c1sc(NC(=O)c2ccn(C3CCCNC3)n2)nc1-c1ccccc1. The molecule has 0 saturated carbocycles. The van der Waals surface area contributed by atoms with Crippen molar-refractivity contribution in [2.45, 2.75) is 38.6 Å². The molecule has 1 aliphatic heterocycles. The maximum atomic E-state index is 12.7. The third-order valence-corrected chi connectivity index (χ3v) is 6.20. The van der Waals surface area contributed by atoms with E-state index >= 15 is 0 Å². The van der Waals surface area contributed by atoms with Gasteiger partial charge in [-0.3, -0.25) is 14.8 Å². The molecule has 1 amide bonds. The first kappa shape index (κ1) is 18.8. The summed E-state index contributed by atoms with van der Waals surface area (Å²) in [6, 6.07) is 12.2. The van der Waals surface area contributed by atoms with Gasteiger partial charge in [-0.15, -0.1) is 11.3 Å². The number of piperidine rings is 1. The third-order valence-electron chi connectivity index (χ3n) is 4.93. The van der Waals surface area contributed by atoms with E-state index in [9.17, 15) is 4.79 Å². The second-order valence-corrected chi connectivity index (χ2v) is 8.42. The molecular formula is C21H25N5OS. The number of hydrogen-bond acceptors (Lipinski definition) is 5. The largest absolute Gasteiger partial charge is 0.315 e. The van der Waals surface area contributed by atoms with Crippen molar-refractivity contribution in [1.82, 2.24) is 20.1 Å². The minimum Gasteiger partial charge on any atom is -0.315 e.